The number of nitrogens with zero attached hydrogens (tertiary/aromatic N) is 1. The van der Waals surface area contributed by atoms with Gasteiger partial charge in [-0.05, 0) is 87.0 Å². The number of sulfone groups is 1. The molecule has 0 aromatic carbocycles. The average Bonchev–Trinajstić information content (AvgIpc) is 3.53. The molecule has 4 aliphatic rings. The van der Waals surface area contributed by atoms with Crippen molar-refractivity contribution in [2.45, 2.75) is 160 Å². The standard InChI is InChI=1S/C40H63N5O7S2/c1-8-16-28(31(46)34(48)41-23-26-17-15-22-53-26)42-33(47)30-29-27(38(29,5)6)24-45(30)35(49)32(39(7)18-11-9-12-19-39)43-36(50)44-40(20-13-10-14-21-40)25-54(51,52)37(2,3)4/h15,17,22,27-30,32H,8-14,16,18-21,23-25H2,1-7H3,(H,41,48)(H,42,47)(H2,43,44,50)/t27-,28?,29-,30-,32+/m0/s1. The Hall–Kier alpha value is -3.00. The van der Waals surface area contributed by atoms with Gasteiger partial charge in [0.2, 0.25) is 17.6 Å². The van der Waals surface area contributed by atoms with Crippen LogP contribution in [0.15, 0.2) is 17.5 Å². The maximum Gasteiger partial charge on any atom is 0.315 e. The van der Waals surface area contributed by atoms with Crippen molar-refractivity contribution in [1.82, 2.24) is 26.2 Å². The second-order valence-corrected chi connectivity index (χ2v) is 22.1. The van der Waals surface area contributed by atoms with E-state index < -0.39 is 67.3 Å². The highest BCUT2D eigenvalue weighted by Gasteiger charge is 2.70. The van der Waals surface area contributed by atoms with E-state index in [1.165, 1.54) is 11.3 Å². The highest BCUT2D eigenvalue weighted by Crippen LogP contribution is 2.65. The topological polar surface area (TPSA) is 171 Å². The fourth-order valence-electron chi connectivity index (χ4n) is 9.32. The Labute approximate surface area is 326 Å². The van der Waals surface area contributed by atoms with E-state index in [0.29, 0.717) is 38.6 Å². The Morgan fingerprint density at radius 1 is 0.944 bits per heavy atom. The van der Waals surface area contributed by atoms with E-state index in [-0.39, 0.29) is 41.9 Å². The van der Waals surface area contributed by atoms with Crippen LogP contribution in [0.1, 0.15) is 130 Å². The zero-order valence-electron chi connectivity index (χ0n) is 33.3. The van der Waals surface area contributed by atoms with Crippen LogP contribution in [0.25, 0.3) is 0 Å². The summed E-state index contributed by atoms with van der Waals surface area (Å²) in [5.74, 6) is -2.56. The van der Waals surface area contributed by atoms with E-state index >= 15 is 0 Å². The van der Waals surface area contributed by atoms with Crippen LogP contribution in [-0.2, 0) is 35.6 Å². The molecular weight excluding hydrogens is 727 g/mol. The smallest absolute Gasteiger partial charge is 0.315 e. The molecule has 2 heterocycles. The fourth-order valence-corrected chi connectivity index (χ4v) is 11.5. The van der Waals surface area contributed by atoms with E-state index in [1.807, 2.05) is 31.4 Å². The van der Waals surface area contributed by atoms with Gasteiger partial charge in [0, 0.05) is 11.4 Å². The third-order valence-corrected chi connectivity index (χ3v) is 16.7. The minimum Gasteiger partial charge on any atom is -0.345 e. The summed E-state index contributed by atoms with van der Waals surface area (Å²) < 4.78 is 25.9. The van der Waals surface area contributed by atoms with Crippen LogP contribution in [0.2, 0.25) is 0 Å². The molecule has 4 fully saturated rings. The second kappa shape index (κ2) is 16.2. The van der Waals surface area contributed by atoms with Crippen LogP contribution in [0.3, 0.4) is 0 Å². The molecule has 1 unspecified atom stereocenters. The predicted molar refractivity (Wildman–Crippen MR) is 210 cm³/mol. The molecule has 54 heavy (non-hydrogen) atoms. The van der Waals surface area contributed by atoms with Crippen molar-refractivity contribution >= 4 is 50.7 Å². The molecule has 3 saturated carbocycles. The van der Waals surface area contributed by atoms with Crippen molar-refractivity contribution in [3.05, 3.63) is 22.4 Å². The number of fused-ring (bicyclic) bond motifs is 1. The lowest BCUT2D eigenvalue weighted by Crippen LogP contribution is -2.65. The first-order valence-electron chi connectivity index (χ1n) is 20.0. The Kier molecular flexibility index (Phi) is 12.7. The Morgan fingerprint density at radius 3 is 2.15 bits per heavy atom. The third-order valence-electron chi connectivity index (χ3n) is 13.0. The third kappa shape index (κ3) is 9.00. The van der Waals surface area contributed by atoms with Gasteiger partial charge in [0.15, 0.2) is 9.84 Å². The molecule has 4 N–H and O–H groups in total. The molecule has 1 aliphatic heterocycles. The molecule has 1 saturated heterocycles. The van der Waals surface area contributed by atoms with Gasteiger partial charge < -0.3 is 26.2 Å². The van der Waals surface area contributed by atoms with Gasteiger partial charge in [-0.25, -0.2) is 13.2 Å². The molecule has 3 aliphatic carbocycles. The van der Waals surface area contributed by atoms with Gasteiger partial charge >= 0.3 is 6.03 Å². The molecule has 5 rings (SSSR count). The molecule has 1 aromatic heterocycles. The van der Waals surface area contributed by atoms with Crippen LogP contribution >= 0.6 is 11.3 Å². The Morgan fingerprint density at radius 2 is 1.57 bits per heavy atom. The van der Waals surface area contributed by atoms with Crippen molar-refractivity contribution in [2.75, 3.05) is 12.3 Å². The molecule has 5 amide bonds. The van der Waals surface area contributed by atoms with Gasteiger partial charge in [0.25, 0.3) is 5.91 Å². The van der Waals surface area contributed by atoms with Crippen molar-refractivity contribution in [1.29, 1.82) is 0 Å². The zero-order valence-corrected chi connectivity index (χ0v) is 35.0. The minimum absolute atomic E-state index is 0.0633. The Bertz CT molecular complexity index is 1660. The van der Waals surface area contributed by atoms with Crippen molar-refractivity contribution in [3.63, 3.8) is 0 Å². The van der Waals surface area contributed by atoms with E-state index in [2.05, 4.69) is 35.1 Å². The number of likely N-dealkylation sites (tertiary alicyclic amines) is 1. The first-order valence-corrected chi connectivity index (χ1v) is 22.5. The van der Waals surface area contributed by atoms with Crippen molar-refractivity contribution < 1.29 is 32.4 Å². The lowest BCUT2D eigenvalue weighted by Gasteiger charge is -2.44. The summed E-state index contributed by atoms with van der Waals surface area (Å²) in [4.78, 5) is 72.2. The molecule has 1 aromatic rings. The number of hydrogen-bond acceptors (Lipinski definition) is 8. The highest BCUT2D eigenvalue weighted by molar-refractivity contribution is 7.92. The van der Waals surface area contributed by atoms with Crippen LogP contribution in [0.5, 0.6) is 0 Å². The summed E-state index contributed by atoms with van der Waals surface area (Å²) in [7, 11) is -3.57. The van der Waals surface area contributed by atoms with Crippen molar-refractivity contribution in [2.24, 2.45) is 22.7 Å². The summed E-state index contributed by atoms with van der Waals surface area (Å²) >= 11 is 1.47. The summed E-state index contributed by atoms with van der Waals surface area (Å²) in [6, 6.07) is 0.287. The Balaban J connectivity index is 1.37. The number of amides is 5. The van der Waals surface area contributed by atoms with Crippen molar-refractivity contribution in [3.8, 4) is 0 Å². The van der Waals surface area contributed by atoms with E-state index in [4.69, 9.17) is 0 Å². The summed E-state index contributed by atoms with van der Waals surface area (Å²) in [5, 5.41) is 13.6. The number of nitrogens with one attached hydrogen (secondary N) is 4. The van der Waals surface area contributed by atoms with Crippen LogP contribution < -0.4 is 21.3 Å². The average molecular weight is 790 g/mol. The minimum atomic E-state index is -3.57. The maximum atomic E-state index is 14.9. The largest absolute Gasteiger partial charge is 0.345 e. The molecular formula is C40H63N5O7S2. The summed E-state index contributed by atoms with van der Waals surface area (Å²) in [5.41, 5.74) is -1.75. The maximum absolute atomic E-state index is 14.9. The SMILES string of the molecule is CCCC(NC(=O)[C@@H]1[C@@H]2[C@H](CN1C(=O)[C@@H](NC(=O)NC1(CS(=O)(=O)C(C)(C)C)CCCCC1)C1(C)CCCCC1)C2(C)C)C(=O)C(=O)NCc1cccs1. The van der Waals surface area contributed by atoms with E-state index in [1.54, 1.807) is 25.7 Å². The van der Waals surface area contributed by atoms with Gasteiger partial charge in [-0.15, -0.1) is 11.3 Å². The summed E-state index contributed by atoms with van der Waals surface area (Å²) in [6.07, 6.45) is 8.67. The number of hydrogen-bond donors (Lipinski definition) is 4. The monoisotopic (exact) mass is 789 g/mol. The van der Waals surface area contributed by atoms with Gasteiger partial charge in [0.05, 0.1) is 28.6 Å². The van der Waals surface area contributed by atoms with E-state index in [9.17, 15) is 32.4 Å². The molecule has 14 heteroatoms. The number of thiophene rings is 1. The van der Waals surface area contributed by atoms with Crippen LogP contribution in [0.4, 0.5) is 4.79 Å². The molecule has 12 nitrogen and oxygen atoms in total. The van der Waals surface area contributed by atoms with Gasteiger partial charge in [-0.2, -0.15) is 0 Å². The quantitative estimate of drug-likeness (QED) is 0.187. The zero-order chi connectivity index (χ0) is 39.7. The lowest BCUT2D eigenvalue weighted by atomic mass is 9.70. The van der Waals surface area contributed by atoms with E-state index in [0.717, 1.165) is 43.4 Å². The fraction of sp³-hybridized carbons (Fsp3) is 0.775. The van der Waals surface area contributed by atoms with Gasteiger partial charge in [-0.1, -0.05) is 78.7 Å². The predicted octanol–water partition coefficient (Wildman–Crippen LogP) is 5.26. The number of carbonyl (C=O) groups excluding carboxylic acids is 5. The first kappa shape index (κ1) is 42.1. The lowest BCUT2D eigenvalue weighted by molar-refractivity contribution is -0.146. The molecule has 302 valence electrons. The normalized spacial score (nSPS) is 25.4. The number of rotatable bonds is 14. The van der Waals surface area contributed by atoms with Gasteiger partial charge in [-0.3, -0.25) is 19.2 Å². The van der Waals surface area contributed by atoms with Crippen LogP contribution in [-0.4, -0.2) is 83.6 Å². The molecule has 5 atom stereocenters. The number of ketones is 1. The highest BCUT2D eigenvalue weighted by atomic mass is 32.2. The number of urea groups is 1. The molecule has 0 radical (unpaired) electrons. The first-order chi connectivity index (χ1) is 25.3. The molecule has 0 bridgehead atoms. The van der Waals surface area contributed by atoms with Crippen LogP contribution in [0, 0.1) is 22.7 Å². The number of carbonyl (C=O) groups is 5. The van der Waals surface area contributed by atoms with Gasteiger partial charge in [0.1, 0.15) is 12.1 Å². The number of Topliss-reactive ketones (excluding diaryl/α,β-unsaturated/α-hetero) is 1. The summed E-state index contributed by atoms with van der Waals surface area (Å²) in [6.45, 7) is 13.6. The number of piperidine rings is 1. The second-order valence-electron chi connectivity index (χ2n) is 18.3. The molecule has 0 spiro atoms.